The standard InChI is InChI=1S/C7H8N4O2/c1-3-2-8-5-4(9-3)6(12)11-7(13)10-5/h2,6,12H,1H3,(H2,8,10,11,13). The van der Waals surface area contributed by atoms with Gasteiger partial charge in [-0.3, -0.25) is 5.32 Å². The zero-order chi connectivity index (χ0) is 9.42. The van der Waals surface area contributed by atoms with Gasteiger partial charge in [-0.15, -0.1) is 0 Å². The van der Waals surface area contributed by atoms with Crippen LogP contribution in [0.15, 0.2) is 6.20 Å². The molecule has 0 spiro atoms. The summed E-state index contributed by atoms with van der Waals surface area (Å²) < 4.78 is 0. The molecule has 3 N–H and O–H groups in total. The number of fused-ring (bicyclic) bond motifs is 1. The van der Waals surface area contributed by atoms with Gasteiger partial charge < -0.3 is 10.4 Å². The van der Waals surface area contributed by atoms with E-state index in [2.05, 4.69) is 20.6 Å². The second kappa shape index (κ2) is 2.67. The highest BCUT2D eigenvalue weighted by Crippen LogP contribution is 2.20. The first-order chi connectivity index (χ1) is 6.16. The average Bonchev–Trinajstić information content (AvgIpc) is 2.06. The molecule has 0 radical (unpaired) electrons. The molecule has 13 heavy (non-hydrogen) atoms. The number of nitrogens with one attached hydrogen (secondary N) is 2. The van der Waals surface area contributed by atoms with Gasteiger partial charge in [0.1, 0.15) is 5.69 Å². The van der Waals surface area contributed by atoms with Gasteiger partial charge in [0.05, 0.1) is 11.9 Å². The summed E-state index contributed by atoms with van der Waals surface area (Å²) >= 11 is 0. The van der Waals surface area contributed by atoms with Gasteiger partial charge in [-0.1, -0.05) is 0 Å². The minimum atomic E-state index is -1.07. The number of urea groups is 1. The van der Waals surface area contributed by atoms with E-state index in [1.807, 2.05) is 0 Å². The molecular formula is C7H8N4O2. The van der Waals surface area contributed by atoms with Gasteiger partial charge in [-0.05, 0) is 6.92 Å². The van der Waals surface area contributed by atoms with Gasteiger partial charge >= 0.3 is 6.03 Å². The second-order valence-electron chi connectivity index (χ2n) is 2.75. The molecule has 1 aromatic rings. The summed E-state index contributed by atoms with van der Waals surface area (Å²) in [5.41, 5.74) is 1.04. The molecule has 1 aliphatic heterocycles. The fraction of sp³-hybridized carbons (Fsp3) is 0.286. The van der Waals surface area contributed by atoms with Crippen LogP contribution in [0.4, 0.5) is 10.6 Å². The lowest BCUT2D eigenvalue weighted by molar-refractivity contribution is 0.139. The smallest absolute Gasteiger partial charge is 0.322 e. The van der Waals surface area contributed by atoms with Crippen molar-refractivity contribution in [1.29, 1.82) is 0 Å². The van der Waals surface area contributed by atoms with Crippen molar-refractivity contribution in [3.63, 3.8) is 0 Å². The Balaban J connectivity index is 2.49. The molecule has 68 valence electrons. The first-order valence-electron chi connectivity index (χ1n) is 3.76. The highest BCUT2D eigenvalue weighted by Gasteiger charge is 2.24. The molecule has 0 aliphatic carbocycles. The van der Waals surface area contributed by atoms with Crippen LogP contribution >= 0.6 is 0 Å². The largest absolute Gasteiger partial charge is 0.368 e. The number of anilines is 1. The number of rotatable bonds is 0. The zero-order valence-corrected chi connectivity index (χ0v) is 6.90. The van der Waals surface area contributed by atoms with E-state index in [1.165, 1.54) is 6.20 Å². The van der Waals surface area contributed by atoms with E-state index in [9.17, 15) is 9.90 Å². The van der Waals surface area contributed by atoms with E-state index in [0.29, 0.717) is 17.2 Å². The number of carbonyl (C=O) groups is 1. The Morgan fingerprint density at radius 3 is 3.15 bits per heavy atom. The van der Waals surface area contributed by atoms with Gasteiger partial charge in [-0.2, -0.15) is 0 Å². The molecule has 2 heterocycles. The van der Waals surface area contributed by atoms with Crippen LogP contribution in [0.1, 0.15) is 17.6 Å². The lowest BCUT2D eigenvalue weighted by Gasteiger charge is -2.21. The van der Waals surface area contributed by atoms with Crippen LogP contribution < -0.4 is 10.6 Å². The lowest BCUT2D eigenvalue weighted by atomic mass is 10.3. The van der Waals surface area contributed by atoms with E-state index in [-0.39, 0.29) is 0 Å². The fourth-order valence-corrected chi connectivity index (χ4v) is 1.12. The number of aliphatic hydroxyl groups excluding tert-OH is 1. The number of hydrogen-bond donors (Lipinski definition) is 3. The molecule has 0 fully saturated rings. The maximum absolute atomic E-state index is 10.9. The molecule has 1 unspecified atom stereocenters. The summed E-state index contributed by atoms with van der Waals surface area (Å²) in [6.45, 7) is 1.76. The van der Waals surface area contributed by atoms with E-state index >= 15 is 0 Å². The molecule has 2 rings (SSSR count). The van der Waals surface area contributed by atoms with Gasteiger partial charge in [0, 0.05) is 0 Å². The molecule has 2 amide bonds. The summed E-state index contributed by atoms with van der Waals surface area (Å²) in [5, 5.41) is 14.1. The molecule has 6 heteroatoms. The van der Waals surface area contributed by atoms with Crippen LogP contribution in [0.2, 0.25) is 0 Å². The number of carbonyl (C=O) groups excluding carboxylic acids is 1. The Hall–Kier alpha value is -1.69. The maximum Gasteiger partial charge on any atom is 0.322 e. The van der Waals surface area contributed by atoms with E-state index in [4.69, 9.17) is 0 Å². The third-order valence-electron chi connectivity index (χ3n) is 1.68. The average molecular weight is 180 g/mol. The molecule has 0 aromatic carbocycles. The number of amides is 2. The third-order valence-corrected chi connectivity index (χ3v) is 1.68. The van der Waals surface area contributed by atoms with Crippen LogP contribution in [0, 0.1) is 6.92 Å². The fourth-order valence-electron chi connectivity index (χ4n) is 1.12. The number of aromatic nitrogens is 2. The predicted molar refractivity (Wildman–Crippen MR) is 43.9 cm³/mol. The molecule has 1 aromatic heterocycles. The minimum absolute atomic E-state index is 0.307. The van der Waals surface area contributed by atoms with E-state index in [1.54, 1.807) is 6.92 Å². The van der Waals surface area contributed by atoms with Crippen molar-refractivity contribution < 1.29 is 9.90 Å². The Kier molecular flexibility index (Phi) is 1.63. The van der Waals surface area contributed by atoms with Gasteiger partial charge in [0.15, 0.2) is 12.0 Å². The van der Waals surface area contributed by atoms with Crippen LogP contribution in [-0.2, 0) is 0 Å². The van der Waals surface area contributed by atoms with Crippen molar-refractivity contribution in [3.8, 4) is 0 Å². The first kappa shape index (κ1) is 7.93. The maximum atomic E-state index is 10.9. The molecular weight excluding hydrogens is 172 g/mol. The minimum Gasteiger partial charge on any atom is -0.368 e. The number of nitrogens with zero attached hydrogens (tertiary/aromatic N) is 2. The second-order valence-corrected chi connectivity index (χ2v) is 2.75. The number of aliphatic hydroxyl groups is 1. The summed E-state index contributed by atoms with van der Waals surface area (Å²) in [6.07, 6.45) is 0.452. The third kappa shape index (κ3) is 1.31. The lowest BCUT2D eigenvalue weighted by Crippen LogP contribution is -2.38. The summed E-state index contributed by atoms with van der Waals surface area (Å²) in [6, 6.07) is -0.474. The number of hydrogen-bond acceptors (Lipinski definition) is 4. The summed E-state index contributed by atoms with van der Waals surface area (Å²) in [7, 11) is 0. The molecule has 1 atom stereocenters. The Labute approximate surface area is 74.0 Å². The van der Waals surface area contributed by atoms with Crippen LogP contribution in [0.3, 0.4) is 0 Å². The van der Waals surface area contributed by atoms with E-state index < -0.39 is 12.3 Å². The Bertz CT molecular complexity index is 366. The molecule has 6 nitrogen and oxygen atoms in total. The van der Waals surface area contributed by atoms with Crippen molar-refractivity contribution >= 4 is 11.8 Å². The Morgan fingerprint density at radius 1 is 1.62 bits per heavy atom. The van der Waals surface area contributed by atoms with Crippen molar-refractivity contribution in [2.24, 2.45) is 0 Å². The molecule has 0 saturated heterocycles. The summed E-state index contributed by atoms with van der Waals surface area (Å²) in [4.78, 5) is 18.8. The Morgan fingerprint density at radius 2 is 2.38 bits per heavy atom. The van der Waals surface area contributed by atoms with Crippen molar-refractivity contribution in [2.45, 2.75) is 13.2 Å². The zero-order valence-electron chi connectivity index (χ0n) is 6.90. The van der Waals surface area contributed by atoms with Crippen molar-refractivity contribution in [1.82, 2.24) is 15.3 Å². The van der Waals surface area contributed by atoms with Gasteiger partial charge in [0.2, 0.25) is 0 Å². The number of aryl methyl sites for hydroxylation is 1. The monoisotopic (exact) mass is 180 g/mol. The van der Waals surface area contributed by atoms with Gasteiger partial charge in [0.25, 0.3) is 0 Å². The van der Waals surface area contributed by atoms with Gasteiger partial charge in [-0.25, -0.2) is 14.8 Å². The molecule has 1 aliphatic rings. The van der Waals surface area contributed by atoms with Crippen molar-refractivity contribution in [2.75, 3.05) is 5.32 Å². The highest BCUT2D eigenvalue weighted by molar-refractivity contribution is 5.90. The summed E-state index contributed by atoms with van der Waals surface area (Å²) in [5.74, 6) is 0.307. The van der Waals surface area contributed by atoms with Crippen LogP contribution in [-0.4, -0.2) is 21.1 Å². The van der Waals surface area contributed by atoms with Crippen molar-refractivity contribution in [3.05, 3.63) is 17.6 Å². The molecule has 0 saturated carbocycles. The topological polar surface area (TPSA) is 87.1 Å². The molecule has 0 bridgehead atoms. The van der Waals surface area contributed by atoms with Crippen LogP contribution in [0.5, 0.6) is 0 Å². The predicted octanol–water partition coefficient (Wildman–Crippen LogP) is -0.0890. The van der Waals surface area contributed by atoms with E-state index in [0.717, 1.165) is 0 Å². The highest BCUT2D eigenvalue weighted by atomic mass is 16.3. The first-order valence-corrected chi connectivity index (χ1v) is 3.76. The normalized spacial score (nSPS) is 20.2. The van der Waals surface area contributed by atoms with Crippen LogP contribution in [0.25, 0.3) is 0 Å². The quantitative estimate of drug-likeness (QED) is 0.520. The SMILES string of the molecule is Cc1cnc2c(n1)C(O)NC(=O)N2.